The van der Waals surface area contributed by atoms with Crippen molar-refractivity contribution in [2.75, 3.05) is 11.5 Å². The van der Waals surface area contributed by atoms with Gasteiger partial charge in [-0.15, -0.1) is 0 Å². The lowest BCUT2D eigenvalue weighted by atomic mass is 9.75. The Kier molecular flexibility index (Phi) is 3.37. The molecule has 3 nitrogen and oxygen atoms in total. The van der Waals surface area contributed by atoms with Gasteiger partial charge in [0.15, 0.2) is 9.84 Å². The number of hydrogen-bond donors (Lipinski definition) is 1. The van der Waals surface area contributed by atoms with Gasteiger partial charge in [0.1, 0.15) is 5.82 Å². The third-order valence-electron chi connectivity index (χ3n) is 4.51. The first-order valence-electron chi connectivity index (χ1n) is 7.09. The first kappa shape index (κ1) is 14.0. The van der Waals surface area contributed by atoms with Gasteiger partial charge in [0.05, 0.1) is 11.5 Å². The summed E-state index contributed by atoms with van der Waals surface area (Å²) in [5.74, 6) is 0.732. The van der Waals surface area contributed by atoms with Crippen molar-refractivity contribution in [1.82, 2.24) is 5.32 Å². The van der Waals surface area contributed by atoms with Crippen molar-refractivity contribution in [2.24, 2.45) is 0 Å². The van der Waals surface area contributed by atoms with Crippen molar-refractivity contribution in [3.63, 3.8) is 0 Å². The molecule has 1 atom stereocenters. The highest BCUT2D eigenvalue weighted by Crippen LogP contribution is 2.39. The van der Waals surface area contributed by atoms with Gasteiger partial charge in [-0.3, -0.25) is 0 Å². The van der Waals surface area contributed by atoms with E-state index < -0.39 is 9.84 Å². The Hall–Kier alpha value is -0.940. The van der Waals surface area contributed by atoms with Crippen LogP contribution >= 0.6 is 0 Å². The molecule has 0 spiro atoms. The largest absolute Gasteiger partial charge is 0.308 e. The third kappa shape index (κ3) is 2.88. The Morgan fingerprint density at radius 3 is 2.70 bits per heavy atom. The zero-order valence-corrected chi connectivity index (χ0v) is 12.4. The van der Waals surface area contributed by atoms with Crippen LogP contribution in [0.1, 0.15) is 37.7 Å². The van der Waals surface area contributed by atoms with Crippen molar-refractivity contribution in [1.29, 1.82) is 0 Å². The van der Waals surface area contributed by atoms with Crippen LogP contribution in [-0.4, -0.2) is 31.5 Å². The van der Waals surface area contributed by atoms with Crippen molar-refractivity contribution in [3.8, 4) is 0 Å². The number of halogens is 1. The van der Waals surface area contributed by atoms with E-state index in [1.54, 1.807) is 12.1 Å². The van der Waals surface area contributed by atoms with Crippen LogP contribution in [0.3, 0.4) is 0 Å². The van der Waals surface area contributed by atoms with Crippen LogP contribution in [0.2, 0.25) is 0 Å². The normalized spacial score (nSPS) is 35.7. The molecule has 1 aliphatic carbocycles. The summed E-state index contributed by atoms with van der Waals surface area (Å²) in [6.07, 6.45) is 2.61. The van der Waals surface area contributed by atoms with Crippen LogP contribution < -0.4 is 5.32 Å². The topological polar surface area (TPSA) is 46.2 Å². The molecule has 3 rings (SSSR count). The number of sulfone groups is 1. The highest BCUT2D eigenvalue weighted by molar-refractivity contribution is 7.91. The van der Waals surface area contributed by atoms with Crippen molar-refractivity contribution in [3.05, 3.63) is 35.6 Å². The molecule has 1 saturated carbocycles. The monoisotopic (exact) mass is 297 g/mol. The summed E-state index contributed by atoms with van der Waals surface area (Å²) in [5.41, 5.74) is 0.767. The Labute approximate surface area is 119 Å². The molecule has 0 bridgehead atoms. The second-order valence-corrected chi connectivity index (χ2v) is 8.65. The van der Waals surface area contributed by atoms with Gasteiger partial charge in [-0.05, 0) is 49.8 Å². The van der Waals surface area contributed by atoms with Crippen molar-refractivity contribution in [2.45, 2.75) is 43.7 Å². The smallest absolute Gasteiger partial charge is 0.152 e. The zero-order chi connectivity index (χ0) is 14.4. The van der Waals surface area contributed by atoms with E-state index in [0.29, 0.717) is 18.4 Å². The van der Waals surface area contributed by atoms with Crippen LogP contribution in [0.15, 0.2) is 24.3 Å². The molecule has 5 heteroatoms. The fourth-order valence-corrected chi connectivity index (χ4v) is 5.49. The first-order valence-corrected chi connectivity index (χ1v) is 8.91. The van der Waals surface area contributed by atoms with Gasteiger partial charge < -0.3 is 5.32 Å². The lowest BCUT2D eigenvalue weighted by Gasteiger charge is -2.41. The Balaban J connectivity index is 1.56. The minimum Gasteiger partial charge on any atom is -0.308 e. The molecule has 110 valence electrons. The molecule has 0 amide bonds. The van der Waals surface area contributed by atoms with E-state index in [-0.39, 0.29) is 22.9 Å². The molecule has 1 heterocycles. The minimum absolute atomic E-state index is 0.187. The van der Waals surface area contributed by atoms with E-state index in [1.165, 1.54) is 6.07 Å². The quantitative estimate of drug-likeness (QED) is 0.930. The van der Waals surface area contributed by atoms with Crippen molar-refractivity contribution < 1.29 is 12.8 Å². The summed E-state index contributed by atoms with van der Waals surface area (Å²) in [5, 5.41) is 3.49. The second-order valence-electron chi connectivity index (χ2n) is 6.47. The number of nitrogens with one attached hydrogen (secondary N) is 1. The number of rotatable bonds is 3. The molecule has 1 N–H and O–H groups in total. The Bertz CT molecular complexity index is 610. The van der Waals surface area contributed by atoms with Gasteiger partial charge in [-0.25, -0.2) is 12.8 Å². The summed E-state index contributed by atoms with van der Waals surface area (Å²) < 4.78 is 36.3. The third-order valence-corrected chi connectivity index (χ3v) is 6.42. The van der Waals surface area contributed by atoms with Crippen LogP contribution in [0.5, 0.6) is 0 Å². The first-order chi connectivity index (χ1) is 9.35. The molecule has 2 fully saturated rings. The summed E-state index contributed by atoms with van der Waals surface area (Å²) in [7, 11) is -2.87. The van der Waals surface area contributed by atoms with Crippen LogP contribution in [0.25, 0.3) is 0 Å². The molecule has 1 aromatic carbocycles. The average molecular weight is 297 g/mol. The van der Waals surface area contributed by atoms with Gasteiger partial charge in [0.2, 0.25) is 0 Å². The summed E-state index contributed by atoms with van der Waals surface area (Å²) in [6.45, 7) is 1.99. The van der Waals surface area contributed by atoms with Gasteiger partial charge in [-0.1, -0.05) is 12.1 Å². The van der Waals surface area contributed by atoms with Gasteiger partial charge in [0.25, 0.3) is 0 Å². The van der Waals surface area contributed by atoms with E-state index in [9.17, 15) is 12.8 Å². The fourth-order valence-electron chi connectivity index (χ4n) is 3.39. The molecule has 1 aliphatic heterocycles. The van der Waals surface area contributed by atoms with E-state index >= 15 is 0 Å². The molecule has 1 unspecified atom stereocenters. The van der Waals surface area contributed by atoms with Crippen LogP contribution in [0.4, 0.5) is 4.39 Å². The molecule has 2 aliphatic rings. The highest BCUT2D eigenvalue weighted by atomic mass is 32.2. The second kappa shape index (κ2) is 4.81. The van der Waals surface area contributed by atoms with E-state index in [1.807, 2.05) is 13.0 Å². The molecule has 1 aromatic rings. The minimum atomic E-state index is -2.87. The maximum Gasteiger partial charge on any atom is 0.152 e. The molecule has 0 aromatic heterocycles. The predicted molar refractivity (Wildman–Crippen MR) is 77.0 cm³/mol. The maximum atomic E-state index is 13.2. The summed E-state index contributed by atoms with van der Waals surface area (Å²) >= 11 is 0. The Morgan fingerprint density at radius 2 is 2.10 bits per heavy atom. The summed E-state index contributed by atoms with van der Waals surface area (Å²) in [4.78, 5) is 0. The fraction of sp³-hybridized carbons (Fsp3) is 0.600. The maximum absolute atomic E-state index is 13.2. The lowest BCUT2D eigenvalue weighted by Crippen LogP contribution is -2.53. The highest BCUT2D eigenvalue weighted by Gasteiger charge is 2.42. The van der Waals surface area contributed by atoms with Gasteiger partial charge in [-0.2, -0.15) is 0 Å². The van der Waals surface area contributed by atoms with Crippen LogP contribution in [-0.2, 0) is 9.84 Å². The standard InChI is InChI=1S/C15H20FNO2S/c1-15(5-6-20(18,19)10-15)17-14-8-12(9-14)11-3-2-4-13(16)7-11/h2-4,7,12,14,17H,5-6,8-10H2,1H3. The van der Waals surface area contributed by atoms with E-state index in [0.717, 1.165) is 18.4 Å². The molecule has 20 heavy (non-hydrogen) atoms. The Morgan fingerprint density at radius 1 is 1.35 bits per heavy atom. The van der Waals surface area contributed by atoms with E-state index in [2.05, 4.69) is 5.32 Å². The van der Waals surface area contributed by atoms with Gasteiger partial charge in [0, 0.05) is 11.6 Å². The number of hydrogen-bond acceptors (Lipinski definition) is 3. The number of benzene rings is 1. The predicted octanol–water partition coefficient (Wildman–Crippen LogP) is 2.24. The van der Waals surface area contributed by atoms with Crippen molar-refractivity contribution >= 4 is 9.84 Å². The SMILES string of the molecule is CC1(NC2CC(c3cccc(F)c3)C2)CCS(=O)(=O)C1. The van der Waals surface area contributed by atoms with Crippen LogP contribution in [0, 0.1) is 5.82 Å². The summed E-state index contributed by atoms with van der Waals surface area (Å²) in [6, 6.07) is 7.12. The molecule has 1 saturated heterocycles. The lowest BCUT2D eigenvalue weighted by molar-refractivity contribution is 0.227. The zero-order valence-electron chi connectivity index (χ0n) is 11.6. The molecular formula is C15H20FNO2S. The average Bonchev–Trinajstić information content (AvgIpc) is 2.58. The van der Waals surface area contributed by atoms with Gasteiger partial charge >= 0.3 is 0 Å². The van der Waals surface area contributed by atoms with E-state index in [4.69, 9.17) is 0 Å². The molecule has 0 radical (unpaired) electrons. The molecular weight excluding hydrogens is 277 g/mol.